The number of benzene rings is 1. The van der Waals surface area contributed by atoms with Crippen LogP contribution in [0, 0.1) is 0 Å². The third-order valence-electron chi connectivity index (χ3n) is 2.78. The summed E-state index contributed by atoms with van der Waals surface area (Å²) in [5, 5.41) is 2.73. The quantitative estimate of drug-likeness (QED) is 0.501. The minimum atomic E-state index is -3.63. The molecule has 0 atom stereocenters. The van der Waals surface area contributed by atoms with Crippen LogP contribution in [0.2, 0.25) is 0 Å². The first-order chi connectivity index (χ1) is 10.5. The van der Waals surface area contributed by atoms with Crippen molar-refractivity contribution in [1.29, 1.82) is 0 Å². The number of amides is 1. The van der Waals surface area contributed by atoms with Crippen molar-refractivity contribution in [2.45, 2.75) is 18.2 Å². The zero-order valence-electron chi connectivity index (χ0n) is 12.7. The molecule has 122 valence electrons. The van der Waals surface area contributed by atoms with E-state index in [0.29, 0.717) is 31.7 Å². The molecule has 0 unspecified atom stereocenters. The number of carbonyl (C=O) groups is 1. The molecule has 0 fully saturated rings. The lowest BCUT2D eigenvalue weighted by atomic mass is 10.2. The van der Waals surface area contributed by atoms with E-state index in [-0.39, 0.29) is 17.3 Å². The molecule has 1 aromatic rings. The van der Waals surface area contributed by atoms with Crippen LogP contribution in [0.25, 0.3) is 0 Å². The lowest BCUT2D eigenvalue weighted by Crippen LogP contribution is -2.27. The maximum atomic E-state index is 12.0. The summed E-state index contributed by atoms with van der Waals surface area (Å²) in [5.41, 5.74) is 0.304. The van der Waals surface area contributed by atoms with Gasteiger partial charge >= 0.3 is 0 Å². The minimum absolute atomic E-state index is 0.0521. The topological polar surface area (TPSA) is 84.5 Å². The van der Waals surface area contributed by atoms with Crippen molar-refractivity contribution in [3.8, 4) is 0 Å². The fourth-order valence-electron chi connectivity index (χ4n) is 1.68. The first-order valence-corrected chi connectivity index (χ1v) is 8.56. The molecular formula is C15H22N2O4S. The van der Waals surface area contributed by atoms with Crippen LogP contribution in [0.1, 0.15) is 23.7 Å². The third kappa shape index (κ3) is 5.97. The molecule has 0 bridgehead atoms. The standard InChI is InChI=1S/C15H22N2O4S/c1-3-9-17-22(19,20)14-8-5-7-13(12-14)15(18)16-10-6-11-21-4-2/h3,5,7-8,12,17H,1,4,6,9-11H2,2H3,(H,16,18). The fourth-order valence-corrected chi connectivity index (χ4v) is 2.72. The highest BCUT2D eigenvalue weighted by Gasteiger charge is 2.15. The third-order valence-corrected chi connectivity index (χ3v) is 4.20. The van der Waals surface area contributed by atoms with Gasteiger partial charge in [0.15, 0.2) is 0 Å². The largest absolute Gasteiger partial charge is 0.382 e. The summed E-state index contributed by atoms with van der Waals surface area (Å²) in [4.78, 5) is 12.0. The summed E-state index contributed by atoms with van der Waals surface area (Å²) in [6.45, 7) is 7.20. The second kappa shape index (κ2) is 9.34. The molecule has 22 heavy (non-hydrogen) atoms. The molecule has 0 aromatic heterocycles. The van der Waals surface area contributed by atoms with Gasteiger partial charge in [0.1, 0.15) is 0 Å². The first-order valence-electron chi connectivity index (χ1n) is 7.08. The van der Waals surface area contributed by atoms with Gasteiger partial charge in [0.2, 0.25) is 10.0 Å². The SMILES string of the molecule is C=CCNS(=O)(=O)c1cccc(C(=O)NCCCOCC)c1. The number of hydrogen-bond acceptors (Lipinski definition) is 4. The normalized spacial score (nSPS) is 11.1. The predicted molar refractivity (Wildman–Crippen MR) is 85.3 cm³/mol. The molecule has 7 heteroatoms. The average molecular weight is 326 g/mol. The molecule has 0 aliphatic rings. The van der Waals surface area contributed by atoms with Gasteiger partial charge in [0.25, 0.3) is 5.91 Å². The van der Waals surface area contributed by atoms with Crippen LogP contribution in [0.15, 0.2) is 41.8 Å². The van der Waals surface area contributed by atoms with Gasteiger partial charge < -0.3 is 10.1 Å². The highest BCUT2D eigenvalue weighted by atomic mass is 32.2. The van der Waals surface area contributed by atoms with Crippen molar-refractivity contribution in [3.05, 3.63) is 42.5 Å². The molecule has 1 rings (SSSR count). The Labute approximate surface area is 131 Å². The highest BCUT2D eigenvalue weighted by molar-refractivity contribution is 7.89. The van der Waals surface area contributed by atoms with E-state index in [1.54, 1.807) is 6.07 Å². The molecule has 0 radical (unpaired) electrons. The molecule has 1 aromatic carbocycles. The number of rotatable bonds is 10. The van der Waals surface area contributed by atoms with E-state index in [2.05, 4.69) is 16.6 Å². The molecule has 0 aliphatic carbocycles. The number of nitrogens with one attached hydrogen (secondary N) is 2. The summed E-state index contributed by atoms with van der Waals surface area (Å²) in [7, 11) is -3.63. The fraction of sp³-hybridized carbons (Fsp3) is 0.400. The summed E-state index contributed by atoms with van der Waals surface area (Å²) >= 11 is 0. The zero-order chi connectivity index (χ0) is 16.4. The Balaban J connectivity index is 2.67. The number of ether oxygens (including phenoxy) is 1. The lowest BCUT2D eigenvalue weighted by molar-refractivity contribution is 0.0944. The van der Waals surface area contributed by atoms with Gasteiger partial charge in [-0.2, -0.15) is 0 Å². The van der Waals surface area contributed by atoms with Crippen molar-refractivity contribution >= 4 is 15.9 Å². The van der Waals surface area contributed by atoms with E-state index < -0.39 is 10.0 Å². The highest BCUT2D eigenvalue weighted by Crippen LogP contribution is 2.11. The molecule has 6 nitrogen and oxygen atoms in total. The second-order valence-electron chi connectivity index (χ2n) is 4.47. The summed E-state index contributed by atoms with van der Waals surface area (Å²) < 4.78 is 31.5. The van der Waals surface area contributed by atoms with Crippen molar-refractivity contribution in [2.24, 2.45) is 0 Å². The van der Waals surface area contributed by atoms with Crippen LogP contribution in [-0.2, 0) is 14.8 Å². The molecule has 2 N–H and O–H groups in total. The Morgan fingerprint density at radius 1 is 1.41 bits per heavy atom. The van der Waals surface area contributed by atoms with Crippen LogP contribution in [0.3, 0.4) is 0 Å². The lowest BCUT2D eigenvalue weighted by Gasteiger charge is -2.08. The molecular weight excluding hydrogens is 304 g/mol. The van der Waals surface area contributed by atoms with E-state index in [4.69, 9.17) is 4.74 Å². The maximum absolute atomic E-state index is 12.0. The van der Waals surface area contributed by atoms with Crippen molar-refractivity contribution in [3.63, 3.8) is 0 Å². The molecule has 0 saturated heterocycles. The van der Waals surface area contributed by atoms with E-state index in [1.165, 1.54) is 24.3 Å². The molecule has 0 aliphatic heterocycles. The number of carbonyl (C=O) groups excluding carboxylic acids is 1. The number of sulfonamides is 1. The molecule has 1 amide bonds. The molecule has 0 saturated carbocycles. The smallest absolute Gasteiger partial charge is 0.251 e. The van der Waals surface area contributed by atoms with E-state index in [0.717, 1.165) is 0 Å². The summed E-state index contributed by atoms with van der Waals surface area (Å²) in [6, 6.07) is 5.91. The Hall–Kier alpha value is -1.70. The van der Waals surface area contributed by atoms with E-state index in [1.807, 2.05) is 6.92 Å². The number of hydrogen-bond donors (Lipinski definition) is 2. The summed E-state index contributed by atoms with van der Waals surface area (Å²) in [5.74, 6) is -0.308. The zero-order valence-corrected chi connectivity index (χ0v) is 13.5. The van der Waals surface area contributed by atoms with Crippen molar-refractivity contribution < 1.29 is 17.9 Å². The minimum Gasteiger partial charge on any atom is -0.382 e. The van der Waals surface area contributed by atoms with Crippen LogP contribution in [0.4, 0.5) is 0 Å². The maximum Gasteiger partial charge on any atom is 0.251 e. The van der Waals surface area contributed by atoms with Gasteiger partial charge in [-0.3, -0.25) is 4.79 Å². The van der Waals surface area contributed by atoms with Gasteiger partial charge in [0, 0.05) is 31.9 Å². The Kier molecular flexibility index (Phi) is 7.79. The van der Waals surface area contributed by atoms with Gasteiger partial charge in [-0.05, 0) is 31.5 Å². The summed E-state index contributed by atoms with van der Waals surface area (Å²) in [6.07, 6.45) is 2.16. The molecule has 0 heterocycles. The average Bonchev–Trinajstić information content (AvgIpc) is 2.52. The van der Waals surface area contributed by atoms with Gasteiger partial charge in [-0.1, -0.05) is 12.1 Å². The molecule has 0 spiro atoms. The Morgan fingerprint density at radius 3 is 2.86 bits per heavy atom. The van der Waals surface area contributed by atoms with Crippen LogP contribution in [0.5, 0.6) is 0 Å². The van der Waals surface area contributed by atoms with Crippen LogP contribution < -0.4 is 10.0 Å². The van der Waals surface area contributed by atoms with E-state index in [9.17, 15) is 13.2 Å². The van der Waals surface area contributed by atoms with Gasteiger partial charge in [0.05, 0.1) is 4.90 Å². The van der Waals surface area contributed by atoms with E-state index >= 15 is 0 Å². The van der Waals surface area contributed by atoms with Gasteiger partial charge in [-0.25, -0.2) is 13.1 Å². The predicted octanol–water partition coefficient (Wildman–Crippen LogP) is 1.31. The second-order valence-corrected chi connectivity index (χ2v) is 6.24. The first kappa shape index (κ1) is 18.3. The Morgan fingerprint density at radius 2 is 2.18 bits per heavy atom. The Bertz CT molecular complexity index is 599. The van der Waals surface area contributed by atoms with Crippen molar-refractivity contribution in [1.82, 2.24) is 10.0 Å². The van der Waals surface area contributed by atoms with Crippen LogP contribution in [-0.4, -0.2) is 40.6 Å². The monoisotopic (exact) mass is 326 g/mol. The van der Waals surface area contributed by atoms with Crippen LogP contribution >= 0.6 is 0 Å². The van der Waals surface area contributed by atoms with Gasteiger partial charge in [-0.15, -0.1) is 6.58 Å². The van der Waals surface area contributed by atoms with Crippen molar-refractivity contribution in [2.75, 3.05) is 26.3 Å².